The molecule has 5 rings (SSSR count). The number of piperidine rings is 1. The molecule has 0 atom stereocenters. The van der Waals surface area contributed by atoms with Gasteiger partial charge in [0.1, 0.15) is 0 Å². The maximum atomic E-state index is 11.8. The molecule has 0 unspecified atom stereocenters. The van der Waals surface area contributed by atoms with Crippen LogP contribution in [-0.4, -0.2) is 40.5 Å². The number of aromatic nitrogens is 3. The summed E-state index contributed by atoms with van der Waals surface area (Å²) < 4.78 is 6.89. The number of fused-ring (bicyclic) bond motifs is 3. The Kier molecular flexibility index (Phi) is 3.04. The van der Waals surface area contributed by atoms with E-state index in [-0.39, 0.29) is 5.69 Å². The Morgan fingerprint density at radius 3 is 2.72 bits per heavy atom. The van der Waals surface area contributed by atoms with Gasteiger partial charge >= 0.3 is 5.97 Å². The summed E-state index contributed by atoms with van der Waals surface area (Å²) >= 11 is 0. The molecule has 3 aromatic heterocycles. The van der Waals surface area contributed by atoms with Crippen molar-refractivity contribution in [1.29, 1.82) is 0 Å². The van der Waals surface area contributed by atoms with Crippen molar-refractivity contribution in [2.24, 2.45) is 5.41 Å². The zero-order chi connectivity index (χ0) is 17.0. The Hall–Kier alpha value is -2.63. The number of rotatable bonds is 2. The molecular formula is C19H20N4O2. The van der Waals surface area contributed by atoms with Crippen LogP contribution in [0.3, 0.4) is 0 Å². The van der Waals surface area contributed by atoms with Crippen LogP contribution in [0.1, 0.15) is 36.2 Å². The minimum absolute atomic E-state index is 0.288. The Bertz CT molecular complexity index is 980. The largest absolute Gasteiger partial charge is 0.464 e. The first kappa shape index (κ1) is 14.7. The van der Waals surface area contributed by atoms with E-state index >= 15 is 0 Å². The first-order valence-corrected chi connectivity index (χ1v) is 8.79. The molecule has 0 amide bonds. The molecule has 1 aliphatic carbocycles. The number of ether oxygens (including phenoxy) is 1. The molecule has 0 aromatic carbocycles. The summed E-state index contributed by atoms with van der Waals surface area (Å²) in [5.41, 5.74) is 3.67. The monoisotopic (exact) mass is 336 g/mol. The minimum Gasteiger partial charge on any atom is -0.464 e. The second-order valence-corrected chi connectivity index (χ2v) is 7.24. The quantitative estimate of drug-likeness (QED) is 0.673. The predicted octanol–water partition coefficient (Wildman–Crippen LogP) is 3.05. The van der Waals surface area contributed by atoms with Gasteiger partial charge in [0.2, 0.25) is 0 Å². The fourth-order valence-corrected chi connectivity index (χ4v) is 3.98. The van der Waals surface area contributed by atoms with Crippen molar-refractivity contribution in [3.63, 3.8) is 0 Å². The predicted molar refractivity (Wildman–Crippen MR) is 94.9 cm³/mol. The Morgan fingerprint density at radius 1 is 1.20 bits per heavy atom. The summed E-state index contributed by atoms with van der Waals surface area (Å²) in [5.74, 6) is 0.557. The lowest BCUT2D eigenvalue weighted by molar-refractivity contribution is 0.0594. The molecule has 1 aliphatic heterocycles. The zero-order valence-electron chi connectivity index (χ0n) is 14.2. The van der Waals surface area contributed by atoms with E-state index in [4.69, 9.17) is 9.72 Å². The fourth-order valence-electron chi connectivity index (χ4n) is 3.98. The zero-order valence-corrected chi connectivity index (χ0v) is 14.2. The van der Waals surface area contributed by atoms with Crippen molar-refractivity contribution >= 4 is 28.3 Å². The van der Waals surface area contributed by atoms with Gasteiger partial charge in [0, 0.05) is 19.3 Å². The van der Waals surface area contributed by atoms with Gasteiger partial charge in [0.15, 0.2) is 11.5 Å². The molecule has 6 heteroatoms. The van der Waals surface area contributed by atoms with E-state index in [1.807, 2.05) is 12.3 Å². The van der Waals surface area contributed by atoms with Crippen molar-refractivity contribution in [2.75, 3.05) is 25.1 Å². The van der Waals surface area contributed by atoms with Gasteiger partial charge in [-0.3, -0.25) is 0 Å². The van der Waals surface area contributed by atoms with Crippen LogP contribution in [0.4, 0.5) is 5.82 Å². The van der Waals surface area contributed by atoms with E-state index < -0.39 is 5.97 Å². The first-order valence-electron chi connectivity index (χ1n) is 8.79. The normalized spacial score (nSPS) is 18.8. The lowest BCUT2D eigenvalue weighted by Crippen LogP contribution is -2.35. The molecule has 0 radical (unpaired) electrons. The number of pyridine rings is 1. The molecule has 6 nitrogen and oxygen atoms in total. The van der Waals surface area contributed by atoms with Gasteiger partial charge in [-0.05, 0) is 49.3 Å². The first-order chi connectivity index (χ1) is 12.2. The number of esters is 1. The summed E-state index contributed by atoms with van der Waals surface area (Å²) in [4.78, 5) is 23.3. The number of carbonyl (C=O) groups excluding carboxylic acids is 1. The topological polar surface area (TPSA) is 59.7 Å². The van der Waals surface area contributed by atoms with Gasteiger partial charge in [-0.25, -0.2) is 14.8 Å². The second-order valence-electron chi connectivity index (χ2n) is 7.24. The lowest BCUT2D eigenvalue weighted by Gasteiger charge is -2.33. The Balaban J connectivity index is 1.63. The van der Waals surface area contributed by atoms with Gasteiger partial charge in [0.05, 0.1) is 29.9 Å². The highest BCUT2D eigenvalue weighted by atomic mass is 16.5. The van der Waals surface area contributed by atoms with E-state index in [0.29, 0.717) is 5.41 Å². The third-order valence-electron chi connectivity index (χ3n) is 5.80. The van der Waals surface area contributed by atoms with E-state index in [1.165, 1.54) is 32.8 Å². The van der Waals surface area contributed by atoms with E-state index in [9.17, 15) is 4.79 Å². The van der Waals surface area contributed by atoms with E-state index in [1.54, 1.807) is 12.3 Å². The number of carbonyl (C=O) groups is 1. The van der Waals surface area contributed by atoms with Crippen LogP contribution in [0.15, 0.2) is 30.6 Å². The Morgan fingerprint density at radius 2 is 2.00 bits per heavy atom. The molecule has 1 saturated heterocycles. The fraction of sp³-hybridized carbons (Fsp3) is 0.421. The molecule has 3 aromatic rings. The van der Waals surface area contributed by atoms with Crippen LogP contribution in [0, 0.1) is 5.41 Å². The van der Waals surface area contributed by atoms with Crippen LogP contribution < -0.4 is 4.90 Å². The van der Waals surface area contributed by atoms with Crippen molar-refractivity contribution in [1.82, 2.24) is 14.4 Å². The summed E-state index contributed by atoms with van der Waals surface area (Å²) in [7, 11) is 1.36. The molecule has 1 saturated carbocycles. The van der Waals surface area contributed by atoms with Crippen molar-refractivity contribution in [2.45, 2.75) is 25.7 Å². The van der Waals surface area contributed by atoms with Crippen molar-refractivity contribution in [3.05, 3.63) is 36.3 Å². The average Bonchev–Trinajstić information content (AvgIpc) is 3.21. The molecule has 0 N–H and O–H groups in total. The van der Waals surface area contributed by atoms with Gasteiger partial charge < -0.3 is 14.0 Å². The minimum atomic E-state index is -0.438. The molecule has 25 heavy (non-hydrogen) atoms. The van der Waals surface area contributed by atoms with Crippen LogP contribution in [0.2, 0.25) is 0 Å². The number of hydrogen-bond acceptors (Lipinski definition) is 5. The van der Waals surface area contributed by atoms with Crippen LogP contribution in [0.5, 0.6) is 0 Å². The SMILES string of the molecule is COC(=O)c1cc2nc(N3CCC4(CC3)CC4)c3cccn3c2cn1. The highest BCUT2D eigenvalue weighted by Crippen LogP contribution is 2.54. The molecule has 128 valence electrons. The average molecular weight is 336 g/mol. The standard InChI is InChI=1S/C19H20N4O2/c1-25-18(24)14-11-13-16(12-20-14)23-8-2-3-15(23)17(21-13)22-9-6-19(4-5-19)7-10-22/h2-3,8,11-12H,4-7,9-10H2,1H3. The maximum absolute atomic E-state index is 11.8. The highest BCUT2D eigenvalue weighted by molar-refractivity contribution is 5.92. The molecule has 2 fully saturated rings. The van der Waals surface area contributed by atoms with Crippen LogP contribution in [-0.2, 0) is 4.74 Å². The number of nitrogens with zero attached hydrogens (tertiary/aromatic N) is 4. The number of hydrogen-bond donors (Lipinski definition) is 0. The maximum Gasteiger partial charge on any atom is 0.356 e. The Labute approximate surface area is 145 Å². The smallest absolute Gasteiger partial charge is 0.356 e. The molecule has 4 heterocycles. The lowest BCUT2D eigenvalue weighted by atomic mass is 9.94. The molecule has 0 bridgehead atoms. The molecule has 1 spiro atoms. The summed E-state index contributed by atoms with van der Waals surface area (Å²) in [5, 5.41) is 0. The van der Waals surface area contributed by atoms with E-state index in [0.717, 1.165) is 35.5 Å². The highest BCUT2D eigenvalue weighted by Gasteiger charge is 2.44. The van der Waals surface area contributed by atoms with Crippen LogP contribution in [0.25, 0.3) is 16.6 Å². The van der Waals surface area contributed by atoms with Crippen molar-refractivity contribution in [3.8, 4) is 0 Å². The van der Waals surface area contributed by atoms with Gasteiger partial charge in [0.25, 0.3) is 0 Å². The number of anilines is 1. The van der Waals surface area contributed by atoms with Gasteiger partial charge in [-0.2, -0.15) is 0 Å². The summed E-state index contributed by atoms with van der Waals surface area (Å²) in [6, 6.07) is 5.84. The number of methoxy groups -OCH3 is 1. The van der Waals surface area contributed by atoms with Gasteiger partial charge in [-0.15, -0.1) is 0 Å². The van der Waals surface area contributed by atoms with Gasteiger partial charge in [-0.1, -0.05) is 0 Å². The van der Waals surface area contributed by atoms with Crippen molar-refractivity contribution < 1.29 is 9.53 Å². The molecule has 2 aliphatic rings. The van der Waals surface area contributed by atoms with Crippen LogP contribution >= 0.6 is 0 Å². The summed E-state index contributed by atoms with van der Waals surface area (Å²) in [6.07, 6.45) is 9.00. The summed E-state index contributed by atoms with van der Waals surface area (Å²) in [6.45, 7) is 2.10. The third-order valence-corrected chi connectivity index (χ3v) is 5.80. The second kappa shape index (κ2) is 5.18. The third kappa shape index (κ3) is 2.27. The van der Waals surface area contributed by atoms with E-state index in [2.05, 4.69) is 20.4 Å². The molecular weight excluding hydrogens is 316 g/mol.